The molecule has 4 heterocycles. The molecule has 0 radical (unpaired) electrons. The SMILES string of the molecule is Cc1nc2cc(C(F)(F)F)c(N3CCN(C)CC3)cc2c(=O)n1CCOc1ccc(Cl)cc1-c1ccnc2c(C(=O)O)csc12. The number of piperazine rings is 1. The number of hydrogen-bond acceptors (Lipinski definition) is 8. The van der Waals surface area contributed by atoms with Gasteiger partial charge >= 0.3 is 12.1 Å². The first-order chi connectivity index (χ1) is 21.4. The van der Waals surface area contributed by atoms with E-state index in [2.05, 4.69) is 9.97 Å². The number of benzene rings is 2. The topological polar surface area (TPSA) is 101 Å². The Labute approximate surface area is 264 Å². The zero-order valence-electron chi connectivity index (χ0n) is 24.2. The van der Waals surface area contributed by atoms with E-state index in [9.17, 15) is 27.9 Å². The van der Waals surface area contributed by atoms with E-state index in [1.54, 1.807) is 36.1 Å². The lowest BCUT2D eigenvalue weighted by Crippen LogP contribution is -2.45. The lowest BCUT2D eigenvalue weighted by Gasteiger charge is -2.35. The number of ether oxygens (including phenoxy) is 1. The molecular weight excluding hydrogens is 631 g/mol. The minimum Gasteiger partial charge on any atom is -0.491 e. The number of hydrogen-bond donors (Lipinski definition) is 1. The molecule has 234 valence electrons. The van der Waals surface area contributed by atoms with Gasteiger partial charge in [-0.25, -0.2) is 9.78 Å². The molecule has 1 N–H and O–H groups in total. The standard InChI is InChI=1S/C31H27ClF3N5O4S/c1-17-37-24-15-23(31(33,34)35)25(39-9-7-38(2)8-10-39)14-21(24)29(41)40(17)11-12-44-26-4-3-18(32)13-20(26)19-5-6-36-27-22(30(42)43)16-45-28(19)27/h3-6,13-16H,7-12H2,1-2H3,(H,42,43). The third-order valence-electron chi connectivity index (χ3n) is 7.90. The molecule has 0 spiro atoms. The zero-order valence-corrected chi connectivity index (χ0v) is 25.8. The minimum atomic E-state index is -4.61. The summed E-state index contributed by atoms with van der Waals surface area (Å²) in [5.74, 6) is -0.379. The Kier molecular flexibility index (Phi) is 8.18. The Balaban J connectivity index is 1.32. The quantitative estimate of drug-likeness (QED) is 0.221. The second-order valence-corrected chi connectivity index (χ2v) is 12.1. The van der Waals surface area contributed by atoms with Crippen LogP contribution in [0.4, 0.5) is 18.9 Å². The molecular formula is C31H27ClF3N5O4S. The van der Waals surface area contributed by atoms with Gasteiger partial charge in [-0.05, 0) is 50.4 Å². The average Bonchev–Trinajstić information content (AvgIpc) is 3.44. The van der Waals surface area contributed by atoms with Crippen LogP contribution in [-0.2, 0) is 12.7 Å². The normalized spacial score (nSPS) is 14.4. The monoisotopic (exact) mass is 657 g/mol. The molecule has 6 rings (SSSR count). The highest BCUT2D eigenvalue weighted by Gasteiger charge is 2.36. The van der Waals surface area contributed by atoms with E-state index in [1.165, 1.54) is 33.5 Å². The highest BCUT2D eigenvalue weighted by molar-refractivity contribution is 7.18. The first-order valence-corrected chi connectivity index (χ1v) is 15.3. The molecule has 9 nitrogen and oxygen atoms in total. The summed E-state index contributed by atoms with van der Waals surface area (Å²) < 4.78 is 50.5. The van der Waals surface area contributed by atoms with Crippen molar-refractivity contribution in [2.24, 2.45) is 0 Å². The van der Waals surface area contributed by atoms with Gasteiger partial charge in [0.15, 0.2) is 0 Å². The Morgan fingerprint density at radius 1 is 1.11 bits per heavy atom. The van der Waals surface area contributed by atoms with E-state index in [0.29, 0.717) is 58.3 Å². The number of carbonyl (C=O) groups is 1. The van der Waals surface area contributed by atoms with Gasteiger partial charge < -0.3 is 19.6 Å². The number of pyridine rings is 1. The summed E-state index contributed by atoms with van der Waals surface area (Å²) in [5, 5.41) is 11.6. The highest BCUT2D eigenvalue weighted by Crippen LogP contribution is 2.40. The van der Waals surface area contributed by atoms with Crippen molar-refractivity contribution in [1.82, 2.24) is 19.4 Å². The molecule has 5 aromatic rings. The van der Waals surface area contributed by atoms with E-state index in [0.717, 1.165) is 6.07 Å². The van der Waals surface area contributed by atoms with E-state index < -0.39 is 23.3 Å². The Morgan fingerprint density at radius 3 is 2.58 bits per heavy atom. The van der Waals surface area contributed by atoms with Crippen molar-refractivity contribution in [2.75, 3.05) is 44.7 Å². The van der Waals surface area contributed by atoms with E-state index in [4.69, 9.17) is 16.3 Å². The predicted molar refractivity (Wildman–Crippen MR) is 168 cm³/mol. The molecule has 0 saturated carbocycles. The van der Waals surface area contributed by atoms with Crippen molar-refractivity contribution in [1.29, 1.82) is 0 Å². The number of thiophene rings is 1. The molecule has 0 atom stereocenters. The van der Waals surface area contributed by atoms with Crippen LogP contribution in [-0.4, -0.2) is 70.3 Å². The van der Waals surface area contributed by atoms with Crippen molar-refractivity contribution in [3.05, 3.63) is 80.3 Å². The number of halogens is 4. The fraction of sp³-hybridized carbons (Fsp3) is 0.290. The van der Waals surface area contributed by atoms with E-state index in [-0.39, 0.29) is 41.1 Å². The number of anilines is 1. The van der Waals surface area contributed by atoms with Gasteiger partial charge in [-0.2, -0.15) is 13.2 Å². The fourth-order valence-corrected chi connectivity index (χ4v) is 6.75. The third-order valence-corrected chi connectivity index (χ3v) is 9.14. The molecule has 0 bridgehead atoms. The summed E-state index contributed by atoms with van der Waals surface area (Å²) in [6, 6.07) is 9.08. The highest BCUT2D eigenvalue weighted by atomic mass is 35.5. The molecule has 2 aromatic carbocycles. The molecule has 0 aliphatic carbocycles. The number of fused-ring (bicyclic) bond motifs is 2. The minimum absolute atomic E-state index is 0.0155. The molecule has 1 aliphatic heterocycles. The molecule has 1 saturated heterocycles. The number of likely N-dealkylation sites (N-methyl/N-ethyl adjacent to an activating group) is 1. The lowest BCUT2D eigenvalue weighted by atomic mass is 10.0. The van der Waals surface area contributed by atoms with Crippen LogP contribution in [0.25, 0.3) is 32.2 Å². The van der Waals surface area contributed by atoms with Crippen molar-refractivity contribution >= 4 is 55.7 Å². The van der Waals surface area contributed by atoms with Gasteiger partial charge in [0, 0.05) is 59.6 Å². The number of carboxylic acid groups (broad SMARTS) is 1. The van der Waals surface area contributed by atoms with Crippen molar-refractivity contribution in [2.45, 2.75) is 19.6 Å². The van der Waals surface area contributed by atoms with Gasteiger partial charge in [-0.15, -0.1) is 11.3 Å². The second kappa shape index (κ2) is 12.0. The Morgan fingerprint density at radius 2 is 1.87 bits per heavy atom. The predicted octanol–water partition coefficient (Wildman–Crippen LogP) is 6.18. The molecule has 45 heavy (non-hydrogen) atoms. The van der Waals surface area contributed by atoms with Gasteiger partial charge in [0.25, 0.3) is 5.56 Å². The maximum atomic E-state index is 14.1. The van der Waals surface area contributed by atoms with E-state index >= 15 is 0 Å². The van der Waals surface area contributed by atoms with Gasteiger partial charge in [0.05, 0.1) is 38.8 Å². The van der Waals surface area contributed by atoms with Gasteiger partial charge in [-0.3, -0.25) is 14.3 Å². The summed E-state index contributed by atoms with van der Waals surface area (Å²) in [7, 11) is 1.91. The largest absolute Gasteiger partial charge is 0.491 e. The van der Waals surface area contributed by atoms with Crippen molar-refractivity contribution < 1.29 is 27.8 Å². The molecule has 1 fully saturated rings. The fourth-order valence-electron chi connectivity index (χ4n) is 5.55. The van der Waals surface area contributed by atoms with Crippen LogP contribution in [0.5, 0.6) is 5.75 Å². The number of nitrogens with zero attached hydrogens (tertiary/aromatic N) is 5. The summed E-state index contributed by atoms with van der Waals surface area (Å²) in [5.41, 5.74) is 0.438. The summed E-state index contributed by atoms with van der Waals surface area (Å²) in [6.07, 6.45) is -3.09. The van der Waals surface area contributed by atoms with Crippen LogP contribution in [0.15, 0.2) is 52.8 Å². The number of aromatic carboxylic acids is 1. The van der Waals surface area contributed by atoms with E-state index in [1.807, 2.05) is 11.9 Å². The van der Waals surface area contributed by atoms with Crippen LogP contribution < -0.4 is 15.2 Å². The molecule has 0 amide bonds. The lowest BCUT2D eigenvalue weighted by molar-refractivity contribution is -0.137. The average molecular weight is 658 g/mol. The number of rotatable bonds is 7. The molecule has 0 unspecified atom stereocenters. The van der Waals surface area contributed by atoms with Crippen LogP contribution >= 0.6 is 22.9 Å². The zero-order chi connectivity index (χ0) is 32.0. The van der Waals surface area contributed by atoms with Gasteiger partial charge in [0.2, 0.25) is 0 Å². The van der Waals surface area contributed by atoms with Crippen LogP contribution in [0, 0.1) is 6.92 Å². The number of alkyl halides is 3. The van der Waals surface area contributed by atoms with Gasteiger partial charge in [0.1, 0.15) is 18.2 Å². The number of aryl methyl sites for hydroxylation is 1. The molecule has 14 heteroatoms. The number of aromatic nitrogens is 3. The van der Waals surface area contributed by atoms with Crippen molar-refractivity contribution in [3.8, 4) is 16.9 Å². The first kappa shape index (κ1) is 30.8. The van der Waals surface area contributed by atoms with Crippen LogP contribution in [0.2, 0.25) is 5.02 Å². The van der Waals surface area contributed by atoms with Crippen LogP contribution in [0.1, 0.15) is 21.7 Å². The third kappa shape index (κ3) is 5.95. The Bertz CT molecular complexity index is 2000. The number of carboxylic acids is 1. The summed E-state index contributed by atoms with van der Waals surface area (Å²) in [6.45, 7) is 3.70. The summed E-state index contributed by atoms with van der Waals surface area (Å²) in [4.78, 5) is 37.7. The molecule has 3 aromatic heterocycles. The Hall–Kier alpha value is -4.20. The van der Waals surface area contributed by atoms with Crippen LogP contribution in [0.3, 0.4) is 0 Å². The van der Waals surface area contributed by atoms with Gasteiger partial charge in [-0.1, -0.05) is 11.6 Å². The summed E-state index contributed by atoms with van der Waals surface area (Å²) >= 11 is 7.57. The second-order valence-electron chi connectivity index (χ2n) is 10.8. The smallest absolute Gasteiger partial charge is 0.418 e. The van der Waals surface area contributed by atoms with Crippen molar-refractivity contribution in [3.63, 3.8) is 0 Å². The maximum absolute atomic E-state index is 14.1. The molecule has 1 aliphatic rings. The first-order valence-electron chi connectivity index (χ1n) is 14.0. The maximum Gasteiger partial charge on any atom is 0.418 e.